The van der Waals surface area contributed by atoms with E-state index < -0.39 is 0 Å². The van der Waals surface area contributed by atoms with Gasteiger partial charge in [-0.1, -0.05) is 0 Å². The Kier molecular flexibility index (Phi) is 3.88. The van der Waals surface area contributed by atoms with Gasteiger partial charge in [0.1, 0.15) is 5.82 Å². The fraction of sp³-hybridized carbons (Fsp3) is 0.333. The molecule has 0 aliphatic heterocycles. The summed E-state index contributed by atoms with van der Waals surface area (Å²) in [5.74, 6) is 0.583. The molecular formula is C9H12BrN3O. The van der Waals surface area contributed by atoms with Crippen LogP contribution in [0.15, 0.2) is 16.7 Å². The third-order valence-electron chi connectivity index (χ3n) is 1.61. The molecule has 14 heavy (non-hydrogen) atoms. The van der Waals surface area contributed by atoms with Crippen molar-refractivity contribution in [3.05, 3.63) is 22.3 Å². The van der Waals surface area contributed by atoms with Gasteiger partial charge in [-0.05, 0) is 41.4 Å². The molecule has 0 radical (unpaired) electrons. The molecule has 1 rings (SSSR count). The van der Waals surface area contributed by atoms with Gasteiger partial charge in [-0.2, -0.15) is 0 Å². The number of rotatable bonds is 2. The maximum Gasteiger partial charge on any atom is 0.320 e. The zero-order chi connectivity index (χ0) is 10.6. The first-order chi connectivity index (χ1) is 6.63. The van der Waals surface area contributed by atoms with Crippen LogP contribution in [0.2, 0.25) is 0 Å². The van der Waals surface area contributed by atoms with E-state index in [-0.39, 0.29) is 6.03 Å². The minimum atomic E-state index is -0.231. The van der Waals surface area contributed by atoms with Crippen LogP contribution in [0.3, 0.4) is 0 Å². The van der Waals surface area contributed by atoms with Crippen molar-refractivity contribution in [1.29, 1.82) is 0 Å². The highest BCUT2D eigenvalue weighted by Crippen LogP contribution is 2.16. The minimum absolute atomic E-state index is 0.231. The van der Waals surface area contributed by atoms with Gasteiger partial charge in [0, 0.05) is 17.2 Å². The molecule has 1 heterocycles. The molecule has 0 unspecified atom stereocenters. The molecule has 4 nitrogen and oxygen atoms in total. The third-order valence-corrected chi connectivity index (χ3v) is 2.05. The first-order valence-electron chi connectivity index (χ1n) is 4.30. The van der Waals surface area contributed by atoms with Crippen molar-refractivity contribution in [3.63, 3.8) is 0 Å². The van der Waals surface area contributed by atoms with Crippen LogP contribution in [-0.2, 0) is 0 Å². The number of carbonyl (C=O) groups is 1. The van der Waals surface area contributed by atoms with Crippen LogP contribution >= 0.6 is 15.9 Å². The van der Waals surface area contributed by atoms with Crippen molar-refractivity contribution >= 4 is 27.8 Å². The quantitative estimate of drug-likeness (QED) is 0.855. The monoisotopic (exact) mass is 257 g/mol. The maximum atomic E-state index is 11.2. The Hall–Kier alpha value is -1.10. The number of anilines is 1. The van der Waals surface area contributed by atoms with Crippen LogP contribution in [0.4, 0.5) is 10.6 Å². The lowest BCUT2D eigenvalue weighted by molar-refractivity contribution is 0.252. The predicted octanol–water partition coefficient (Wildman–Crippen LogP) is 2.29. The molecule has 5 heteroatoms. The number of nitrogens with zero attached hydrogens (tertiary/aromatic N) is 1. The summed E-state index contributed by atoms with van der Waals surface area (Å²) in [4.78, 5) is 15.3. The van der Waals surface area contributed by atoms with Crippen LogP contribution in [0, 0.1) is 6.92 Å². The summed E-state index contributed by atoms with van der Waals surface area (Å²) in [5.41, 5.74) is 0.922. The fourth-order valence-electron chi connectivity index (χ4n) is 0.984. The highest BCUT2D eigenvalue weighted by atomic mass is 79.9. The van der Waals surface area contributed by atoms with Crippen molar-refractivity contribution in [2.24, 2.45) is 0 Å². The van der Waals surface area contributed by atoms with E-state index in [1.165, 1.54) is 0 Å². The molecule has 1 aromatic rings. The number of hydrogen-bond acceptors (Lipinski definition) is 2. The Morgan fingerprint density at radius 1 is 1.64 bits per heavy atom. The molecule has 0 saturated heterocycles. The first kappa shape index (κ1) is 11.0. The summed E-state index contributed by atoms with van der Waals surface area (Å²) in [6.45, 7) is 4.35. The van der Waals surface area contributed by atoms with E-state index in [0.29, 0.717) is 12.4 Å². The summed E-state index contributed by atoms with van der Waals surface area (Å²) < 4.78 is 0.899. The molecule has 0 bridgehead atoms. The zero-order valence-electron chi connectivity index (χ0n) is 8.10. The maximum absolute atomic E-state index is 11.2. The van der Waals surface area contributed by atoms with Crippen molar-refractivity contribution in [2.45, 2.75) is 13.8 Å². The number of hydrogen-bond donors (Lipinski definition) is 2. The lowest BCUT2D eigenvalue weighted by Gasteiger charge is -2.07. The van der Waals surface area contributed by atoms with E-state index >= 15 is 0 Å². The van der Waals surface area contributed by atoms with Crippen LogP contribution in [0.5, 0.6) is 0 Å². The molecule has 0 spiro atoms. The molecule has 1 aromatic heterocycles. The number of carbonyl (C=O) groups excluding carboxylic acids is 1. The van der Waals surface area contributed by atoms with Gasteiger partial charge in [-0.3, -0.25) is 5.32 Å². The minimum Gasteiger partial charge on any atom is -0.338 e. The van der Waals surface area contributed by atoms with E-state index in [0.717, 1.165) is 10.0 Å². The lowest BCUT2D eigenvalue weighted by Crippen LogP contribution is -2.28. The highest BCUT2D eigenvalue weighted by Gasteiger charge is 2.04. The lowest BCUT2D eigenvalue weighted by atomic mass is 10.3. The predicted molar refractivity (Wildman–Crippen MR) is 59.4 cm³/mol. The van der Waals surface area contributed by atoms with E-state index in [4.69, 9.17) is 0 Å². The normalized spacial score (nSPS) is 9.64. The molecule has 76 valence electrons. The van der Waals surface area contributed by atoms with Gasteiger partial charge >= 0.3 is 6.03 Å². The third kappa shape index (κ3) is 2.99. The molecule has 0 aromatic carbocycles. The van der Waals surface area contributed by atoms with Crippen LogP contribution in [-0.4, -0.2) is 17.6 Å². The molecular weight excluding hydrogens is 246 g/mol. The molecule has 2 N–H and O–H groups in total. The standard InChI is InChI=1S/C9H12BrN3O/c1-3-11-9(14)13-8-6(2)4-7(10)5-12-8/h4-5H,3H2,1-2H3,(H2,11,12,13,14). The van der Waals surface area contributed by atoms with Gasteiger partial charge in [-0.15, -0.1) is 0 Å². The average Bonchev–Trinajstić information content (AvgIpc) is 2.10. The van der Waals surface area contributed by atoms with Crippen LogP contribution < -0.4 is 10.6 Å². The summed E-state index contributed by atoms with van der Waals surface area (Å²) in [7, 11) is 0. The number of amides is 2. The van der Waals surface area contributed by atoms with E-state index in [1.807, 2.05) is 19.9 Å². The Morgan fingerprint density at radius 2 is 2.36 bits per heavy atom. The number of pyridine rings is 1. The second-order valence-electron chi connectivity index (χ2n) is 2.80. The van der Waals surface area contributed by atoms with Crippen molar-refractivity contribution in [3.8, 4) is 0 Å². The van der Waals surface area contributed by atoms with Crippen molar-refractivity contribution < 1.29 is 4.79 Å². The van der Waals surface area contributed by atoms with E-state index in [2.05, 4.69) is 31.5 Å². The van der Waals surface area contributed by atoms with Crippen molar-refractivity contribution in [2.75, 3.05) is 11.9 Å². The molecule has 0 aliphatic carbocycles. The molecule has 0 atom stereocenters. The van der Waals surface area contributed by atoms with Gasteiger partial charge in [0.25, 0.3) is 0 Å². The number of nitrogens with one attached hydrogen (secondary N) is 2. The Bertz CT molecular complexity index is 341. The average molecular weight is 258 g/mol. The summed E-state index contributed by atoms with van der Waals surface area (Å²) >= 11 is 3.30. The van der Waals surface area contributed by atoms with Crippen LogP contribution in [0.1, 0.15) is 12.5 Å². The molecule has 2 amide bonds. The van der Waals surface area contributed by atoms with Crippen LogP contribution in [0.25, 0.3) is 0 Å². The van der Waals surface area contributed by atoms with Gasteiger partial charge in [0.2, 0.25) is 0 Å². The summed E-state index contributed by atoms with van der Waals surface area (Å²) in [6.07, 6.45) is 1.65. The summed E-state index contributed by atoms with van der Waals surface area (Å²) in [6, 6.07) is 1.67. The summed E-state index contributed by atoms with van der Waals surface area (Å²) in [5, 5.41) is 5.29. The highest BCUT2D eigenvalue weighted by molar-refractivity contribution is 9.10. The Balaban J connectivity index is 2.72. The topological polar surface area (TPSA) is 54.0 Å². The smallest absolute Gasteiger partial charge is 0.320 e. The van der Waals surface area contributed by atoms with E-state index in [1.54, 1.807) is 6.20 Å². The fourth-order valence-corrected chi connectivity index (χ4v) is 1.43. The van der Waals surface area contributed by atoms with Gasteiger partial charge in [0.15, 0.2) is 0 Å². The number of aryl methyl sites for hydroxylation is 1. The second kappa shape index (κ2) is 4.95. The second-order valence-corrected chi connectivity index (χ2v) is 3.72. The SMILES string of the molecule is CCNC(=O)Nc1ncc(Br)cc1C. The van der Waals surface area contributed by atoms with E-state index in [9.17, 15) is 4.79 Å². The number of aromatic nitrogens is 1. The first-order valence-corrected chi connectivity index (χ1v) is 5.09. The Labute approximate surface area is 91.2 Å². The number of urea groups is 1. The zero-order valence-corrected chi connectivity index (χ0v) is 9.68. The molecule has 0 fully saturated rings. The van der Waals surface area contributed by atoms with Crippen molar-refractivity contribution in [1.82, 2.24) is 10.3 Å². The Morgan fingerprint density at radius 3 is 2.93 bits per heavy atom. The molecule has 0 saturated carbocycles. The number of halogens is 1. The van der Waals surface area contributed by atoms with Gasteiger partial charge < -0.3 is 5.32 Å². The van der Waals surface area contributed by atoms with Gasteiger partial charge in [-0.25, -0.2) is 9.78 Å². The largest absolute Gasteiger partial charge is 0.338 e. The molecule has 0 aliphatic rings. The van der Waals surface area contributed by atoms with Gasteiger partial charge in [0.05, 0.1) is 0 Å².